The zero-order valence-electron chi connectivity index (χ0n) is 11.0. The van der Waals surface area contributed by atoms with Crippen LogP contribution in [0.1, 0.15) is 12.7 Å². The van der Waals surface area contributed by atoms with Gasteiger partial charge in [-0.1, -0.05) is 12.2 Å². The maximum Gasteiger partial charge on any atom is 0.163 e. The van der Waals surface area contributed by atoms with Gasteiger partial charge < -0.3 is 19.8 Å². The predicted octanol–water partition coefficient (Wildman–Crippen LogP) is 1.84. The largest absolute Gasteiger partial charge is 0.486 e. The van der Waals surface area contributed by atoms with Crippen molar-refractivity contribution in [3.8, 4) is 11.5 Å². The molecule has 1 aromatic carbocycles. The van der Waals surface area contributed by atoms with Crippen molar-refractivity contribution < 1.29 is 9.47 Å². The molecule has 1 aliphatic heterocycles. The van der Waals surface area contributed by atoms with E-state index in [1.165, 1.54) is 0 Å². The van der Waals surface area contributed by atoms with Crippen LogP contribution in [0, 0.1) is 0 Å². The Morgan fingerprint density at radius 2 is 2.05 bits per heavy atom. The lowest BCUT2D eigenvalue weighted by molar-refractivity contribution is 0.172. The smallest absolute Gasteiger partial charge is 0.163 e. The van der Waals surface area contributed by atoms with Crippen molar-refractivity contribution in [2.45, 2.75) is 20.0 Å². The lowest BCUT2D eigenvalue weighted by atomic mass is 10.2. The molecule has 0 radical (unpaired) electrons. The Morgan fingerprint density at radius 1 is 1.37 bits per heavy atom. The van der Waals surface area contributed by atoms with Crippen molar-refractivity contribution in [2.24, 2.45) is 5.73 Å². The van der Waals surface area contributed by atoms with Crippen LogP contribution < -0.4 is 15.2 Å². The van der Waals surface area contributed by atoms with Crippen LogP contribution >= 0.6 is 0 Å². The average molecular weight is 259 g/mol. The van der Waals surface area contributed by atoms with E-state index in [0.29, 0.717) is 26.3 Å². The van der Waals surface area contributed by atoms with Gasteiger partial charge in [-0.25, -0.2) is 4.98 Å². The van der Waals surface area contributed by atoms with Gasteiger partial charge in [0.1, 0.15) is 19.0 Å². The molecule has 5 nitrogen and oxygen atoms in total. The van der Waals surface area contributed by atoms with Crippen LogP contribution in [0.5, 0.6) is 11.5 Å². The molecule has 0 spiro atoms. The molecule has 1 aliphatic rings. The van der Waals surface area contributed by atoms with Gasteiger partial charge in [-0.15, -0.1) is 0 Å². The quantitative estimate of drug-likeness (QED) is 0.854. The van der Waals surface area contributed by atoms with Crippen molar-refractivity contribution in [3.63, 3.8) is 0 Å². The number of nitrogens with zero attached hydrogens (tertiary/aromatic N) is 2. The number of hydrogen-bond donors (Lipinski definition) is 1. The molecule has 0 atom stereocenters. The third-order valence-electron chi connectivity index (χ3n) is 3.10. The Bertz CT molecular complexity index is 646. The minimum absolute atomic E-state index is 0.397. The number of fused-ring (bicyclic) bond motifs is 2. The molecule has 5 heteroatoms. The molecular formula is C14H17N3O2. The van der Waals surface area contributed by atoms with Gasteiger partial charge in [-0.05, 0) is 6.92 Å². The van der Waals surface area contributed by atoms with Crippen LogP contribution in [0.4, 0.5) is 0 Å². The zero-order valence-corrected chi connectivity index (χ0v) is 11.0. The second-order valence-electron chi connectivity index (χ2n) is 4.76. The topological polar surface area (TPSA) is 62.3 Å². The molecule has 100 valence electrons. The molecule has 0 saturated carbocycles. The number of hydrogen-bond acceptors (Lipinski definition) is 4. The Hall–Kier alpha value is -2.01. The molecule has 0 aliphatic carbocycles. The second-order valence-corrected chi connectivity index (χ2v) is 4.76. The number of benzene rings is 1. The molecule has 1 aromatic heterocycles. The minimum Gasteiger partial charge on any atom is -0.486 e. The average Bonchev–Trinajstić information content (AvgIpc) is 2.73. The fraction of sp³-hybridized carbons (Fsp3) is 0.357. The van der Waals surface area contributed by atoms with Crippen molar-refractivity contribution in [1.82, 2.24) is 9.55 Å². The number of ether oxygens (including phenoxy) is 2. The van der Waals surface area contributed by atoms with Gasteiger partial charge in [-0.3, -0.25) is 0 Å². The van der Waals surface area contributed by atoms with Gasteiger partial charge in [0, 0.05) is 18.7 Å². The Balaban J connectivity index is 2.19. The molecule has 0 fully saturated rings. The molecule has 19 heavy (non-hydrogen) atoms. The van der Waals surface area contributed by atoms with Crippen LogP contribution in [-0.4, -0.2) is 22.8 Å². The maximum atomic E-state index is 5.77. The highest BCUT2D eigenvalue weighted by atomic mass is 16.6. The summed E-state index contributed by atoms with van der Waals surface area (Å²) in [5.74, 6) is 2.37. The summed E-state index contributed by atoms with van der Waals surface area (Å²) in [6, 6.07) is 3.89. The minimum atomic E-state index is 0.397. The lowest BCUT2D eigenvalue weighted by Crippen LogP contribution is -2.15. The monoisotopic (exact) mass is 259 g/mol. The van der Waals surface area contributed by atoms with E-state index < -0.39 is 0 Å². The van der Waals surface area contributed by atoms with E-state index in [1.54, 1.807) is 0 Å². The van der Waals surface area contributed by atoms with Crippen LogP contribution in [-0.2, 0) is 13.1 Å². The van der Waals surface area contributed by atoms with Gasteiger partial charge in [-0.2, -0.15) is 0 Å². The standard InChI is InChI=1S/C14H17N3O2/c1-9(2)8-17-11-6-13-12(18-3-4-19-13)5-10(11)16-14(17)7-15/h5-6H,1,3-4,7-8,15H2,2H3. The molecule has 2 N–H and O–H groups in total. The van der Waals surface area contributed by atoms with E-state index in [9.17, 15) is 0 Å². The maximum absolute atomic E-state index is 5.77. The number of imidazole rings is 1. The summed E-state index contributed by atoms with van der Waals surface area (Å²) in [7, 11) is 0. The van der Waals surface area contributed by atoms with E-state index in [2.05, 4.69) is 16.1 Å². The van der Waals surface area contributed by atoms with Gasteiger partial charge in [0.05, 0.1) is 17.6 Å². The molecule has 3 rings (SSSR count). The van der Waals surface area contributed by atoms with Gasteiger partial charge in [0.2, 0.25) is 0 Å². The summed E-state index contributed by atoms with van der Waals surface area (Å²) >= 11 is 0. The normalized spacial score (nSPS) is 13.8. The van der Waals surface area contributed by atoms with E-state index in [1.807, 2.05) is 19.1 Å². The van der Waals surface area contributed by atoms with Gasteiger partial charge in [0.25, 0.3) is 0 Å². The summed E-state index contributed by atoms with van der Waals surface area (Å²) in [5, 5.41) is 0. The number of aromatic nitrogens is 2. The summed E-state index contributed by atoms with van der Waals surface area (Å²) in [4.78, 5) is 4.55. The first kappa shape index (κ1) is 12.0. The highest BCUT2D eigenvalue weighted by Gasteiger charge is 2.17. The lowest BCUT2D eigenvalue weighted by Gasteiger charge is -2.18. The fourth-order valence-corrected chi connectivity index (χ4v) is 2.31. The third kappa shape index (κ3) is 2.06. The van der Waals surface area contributed by atoms with Crippen molar-refractivity contribution >= 4 is 11.0 Å². The molecule has 2 heterocycles. The van der Waals surface area contributed by atoms with E-state index >= 15 is 0 Å². The van der Waals surface area contributed by atoms with Crippen LogP contribution in [0.25, 0.3) is 11.0 Å². The number of rotatable bonds is 3. The van der Waals surface area contributed by atoms with Crippen molar-refractivity contribution in [2.75, 3.05) is 13.2 Å². The number of allylic oxidation sites excluding steroid dienone is 1. The molecule has 0 unspecified atom stereocenters. The molecule has 2 aromatic rings. The number of nitrogens with two attached hydrogens (primary N) is 1. The third-order valence-corrected chi connectivity index (χ3v) is 3.10. The first-order valence-electron chi connectivity index (χ1n) is 6.32. The van der Waals surface area contributed by atoms with E-state index in [0.717, 1.165) is 33.9 Å². The van der Waals surface area contributed by atoms with Gasteiger partial charge >= 0.3 is 0 Å². The van der Waals surface area contributed by atoms with Crippen LogP contribution in [0.3, 0.4) is 0 Å². The fourth-order valence-electron chi connectivity index (χ4n) is 2.31. The molecular weight excluding hydrogens is 242 g/mol. The summed E-state index contributed by atoms with van der Waals surface area (Å²) in [6.07, 6.45) is 0. The second kappa shape index (κ2) is 4.59. The highest BCUT2D eigenvalue weighted by Crippen LogP contribution is 2.34. The Labute approximate surface area is 111 Å². The molecule has 0 saturated heterocycles. The first-order chi connectivity index (χ1) is 9.19. The summed E-state index contributed by atoms with van der Waals surface area (Å²) < 4.78 is 13.3. The van der Waals surface area contributed by atoms with Crippen molar-refractivity contribution in [3.05, 3.63) is 30.1 Å². The Kier molecular flexibility index (Phi) is 2.91. The van der Waals surface area contributed by atoms with E-state index in [-0.39, 0.29) is 0 Å². The SMILES string of the molecule is C=C(C)Cn1c(CN)nc2cc3c(cc21)OCCO3. The molecule has 0 bridgehead atoms. The van der Waals surface area contributed by atoms with Gasteiger partial charge in [0.15, 0.2) is 11.5 Å². The molecule has 0 amide bonds. The van der Waals surface area contributed by atoms with Crippen LogP contribution in [0.15, 0.2) is 24.3 Å². The van der Waals surface area contributed by atoms with Crippen LogP contribution in [0.2, 0.25) is 0 Å². The van der Waals surface area contributed by atoms with Crippen molar-refractivity contribution in [1.29, 1.82) is 0 Å². The summed E-state index contributed by atoms with van der Waals surface area (Å²) in [5.41, 5.74) is 8.71. The van der Waals surface area contributed by atoms with E-state index in [4.69, 9.17) is 15.2 Å². The zero-order chi connectivity index (χ0) is 13.4. The predicted molar refractivity (Wildman–Crippen MR) is 73.4 cm³/mol. The summed E-state index contributed by atoms with van der Waals surface area (Å²) in [6.45, 7) is 8.21. The highest BCUT2D eigenvalue weighted by molar-refractivity contribution is 5.81. The Morgan fingerprint density at radius 3 is 2.68 bits per heavy atom. The first-order valence-corrected chi connectivity index (χ1v) is 6.32.